The highest BCUT2D eigenvalue weighted by atomic mass is 15.0. The fourth-order valence-corrected chi connectivity index (χ4v) is 20.1. The Morgan fingerprint density at radius 2 is 0.276 bits per heavy atom. The molecule has 0 aliphatic heterocycles. The molecule has 0 aliphatic rings. The van der Waals surface area contributed by atoms with Crippen LogP contribution < -0.4 is 0 Å². The minimum absolute atomic E-state index is 0.533. The zero-order valence-electron chi connectivity index (χ0n) is 76.9. The van der Waals surface area contributed by atoms with Crippen LogP contribution in [-0.2, 0) is 0 Å². The van der Waals surface area contributed by atoms with Crippen molar-refractivity contribution in [1.29, 1.82) is 0 Å². The van der Waals surface area contributed by atoms with Crippen LogP contribution in [0.1, 0.15) is 17.1 Å². The van der Waals surface area contributed by atoms with E-state index in [2.05, 4.69) is 112 Å². The predicted molar refractivity (Wildman–Crippen MR) is 574 cm³/mol. The third kappa shape index (κ3) is 13.2. The van der Waals surface area contributed by atoms with Crippen molar-refractivity contribution in [2.24, 2.45) is 0 Å². The lowest BCUT2D eigenvalue weighted by molar-refractivity contribution is 1.15. The molecule has 0 bridgehead atoms. The Balaban J connectivity index is 0.0000000932. The van der Waals surface area contributed by atoms with Crippen LogP contribution in [-0.4, -0.2) is 135 Å². The summed E-state index contributed by atoms with van der Waals surface area (Å²) in [5, 5.41) is 8.77. The lowest BCUT2D eigenvalue weighted by Gasteiger charge is -2.14. The van der Waals surface area contributed by atoms with Crippen LogP contribution in [0.3, 0.4) is 0 Å². The van der Waals surface area contributed by atoms with Crippen molar-refractivity contribution in [2.45, 2.75) is 20.8 Å². The lowest BCUT2D eigenvalue weighted by atomic mass is 9.99. The first-order valence-electron chi connectivity index (χ1n) is 47.1. The van der Waals surface area contributed by atoms with Gasteiger partial charge in [0.05, 0.1) is 100 Å². The van der Waals surface area contributed by atoms with Gasteiger partial charge in [0.25, 0.3) is 0 Å². The van der Waals surface area contributed by atoms with Crippen LogP contribution in [0.5, 0.6) is 0 Å². The smallest absolute Gasteiger partial charge is 0.178 e. The highest BCUT2D eigenvalue weighted by molar-refractivity contribution is 6.31. The Labute approximate surface area is 816 Å². The second kappa shape index (κ2) is 32.4. The monoisotopic (exact) mass is 1860 g/mol. The normalized spacial score (nSPS) is 12.0. The molecule has 0 atom stereocenters. The van der Waals surface area contributed by atoms with Gasteiger partial charge >= 0.3 is 0 Å². The van der Waals surface area contributed by atoms with Crippen molar-refractivity contribution in [2.75, 3.05) is 0 Å². The first-order valence-corrected chi connectivity index (χ1v) is 47.1. The average Bonchev–Trinajstić information content (AvgIpc) is 0.696. The second-order valence-corrected chi connectivity index (χ2v) is 35.5. The minimum atomic E-state index is 0.533. The van der Waals surface area contributed by atoms with Gasteiger partial charge in [-0.05, 0) is 127 Å². The van der Waals surface area contributed by atoms with Crippen molar-refractivity contribution in [3.8, 4) is 33.8 Å². The van der Waals surface area contributed by atoms with E-state index in [0.717, 1.165) is 160 Å². The molecule has 27 nitrogen and oxygen atoms in total. The van der Waals surface area contributed by atoms with Gasteiger partial charge in [-0.25, -0.2) is 135 Å². The molecule has 0 fully saturated rings. The Bertz CT molecular complexity index is 9800. The Kier molecular flexibility index (Phi) is 18.3. The number of pyridine rings is 3. The van der Waals surface area contributed by atoms with Gasteiger partial charge in [0, 0.05) is 56.8 Å². The quantitative estimate of drug-likeness (QED) is 0.117. The zero-order chi connectivity index (χ0) is 95.8. The van der Waals surface area contributed by atoms with Gasteiger partial charge in [-0.15, -0.1) is 0 Å². The van der Waals surface area contributed by atoms with Gasteiger partial charge in [-0.3, -0.25) is 0 Å². The molecule has 32 aromatic rings. The van der Waals surface area contributed by atoms with E-state index >= 15 is 0 Å². The van der Waals surface area contributed by atoms with Crippen LogP contribution in [0, 0.1) is 20.8 Å². The van der Waals surface area contributed by atoms with E-state index in [-0.39, 0.29) is 0 Å². The predicted octanol–water partition coefficient (Wildman–Crippen LogP) is 25.2. The van der Waals surface area contributed by atoms with Crippen molar-refractivity contribution in [3.63, 3.8) is 0 Å². The molecular formula is C118H65N27. The molecule has 0 amide bonds. The maximum atomic E-state index is 5.43. The topological polar surface area (TPSA) is 348 Å². The maximum absolute atomic E-state index is 5.43. The van der Waals surface area contributed by atoms with Crippen molar-refractivity contribution in [3.05, 3.63) is 357 Å². The van der Waals surface area contributed by atoms with E-state index in [1.165, 1.54) is 0 Å². The lowest BCUT2D eigenvalue weighted by Crippen LogP contribution is -2.04. The molecule has 15 heterocycles. The molecule has 15 aromatic heterocycles. The fourth-order valence-electron chi connectivity index (χ4n) is 20.1. The highest BCUT2D eigenvalue weighted by Gasteiger charge is 2.28. The van der Waals surface area contributed by atoms with E-state index in [1.807, 2.05) is 245 Å². The van der Waals surface area contributed by atoms with Crippen molar-refractivity contribution in [1.82, 2.24) is 135 Å². The van der Waals surface area contributed by atoms with Gasteiger partial charge in [0.2, 0.25) is 0 Å². The van der Waals surface area contributed by atoms with Gasteiger partial charge < -0.3 is 0 Å². The van der Waals surface area contributed by atoms with Crippen molar-refractivity contribution >= 4 is 275 Å². The van der Waals surface area contributed by atoms with Crippen molar-refractivity contribution < 1.29 is 0 Å². The number of nitrogens with zero attached hydrogens (tertiary/aromatic N) is 27. The summed E-state index contributed by atoms with van der Waals surface area (Å²) in [6.45, 7) is 5.96. The first-order chi connectivity index (χ1) is 71.6. The molecule has 27 heteroatoms. The standard InChI is InChI=1S/C40H20N6.C33H24N6.C24H12N6.C21H9N9/c1-5-15-25-21(11-1)23-13-3-7-17-27(23)33-31(25)43-37-35-36(42-30-20-10-9-19-29(30)41-35)38-40(39(37)45-33)46-34-28-18-8-4-14-24(28)22-12-2-6-16-26(22)32(34)44-38;1-19-25(22-13-7-4-8-14-22)37-31-28(34-19)32-30(36-20(2)26(38-32)23-15-9-5-10-16-23)33-29(31)35-21(3)27(39-33)24-17-11-6-12-18-24;1-2-8-14-13(7-1)25-19-20(26-14)22-24(30-18-12-6-5-11-17(18)28-22)23-21(19)27-15-9-3-4-10-16(15)29-23;1-4-10-19(22-7-1)28-16-13(25-10)17-15(27-11-5-2-8-23-20(11)29-17)18-14(16)26-12-6-3-9-24-21(12)30-18/h1-20H;4-18H,1-3H3;1-12H;1-9H. The Morgan fingerprint density at radius 3 is 0.497 bits per heavy atom. The molecule has 0 saturated heterocycles. The highest BCUT2D eigenvalue weighted by Crippen LogP contribution is 2.44. The van der Waals surface area contributed by atoms with E-state index in [4.69, 9.17) is 120 Å². The third-order valence-electron chi connectivity index (χ3n) is 26.7. The minimum Gasteiger partial charge on any atom is -0.247 e. The number of hydrogen-bond acceptors (Lipinski definition) is 27. The molecule has 672 valence electrons. The van der Waals surface area contributed by atoms with E-state index in [0.29, 0.717) is 166 Å². The van der Waals surface area contributed by atoms with Crippen LogP contribution >= 0.6 is 0 Å². The molecule has 17 aromatic carbocycles. The summed E-state index contributed by atoms with van der Waals surface area (Å²) < 4.78 is 0. The van der Waals surface area contributed by atoms with Gasteiger partial charge in [-0.2, -0.15) is 0 Å². The number of hydrogen-bond donors (Lipinski definition) is 0. The summed E-state index contributed by atoms with van der Waals surface area (Å²) in [6, 6.07) is 107. The number of benzene rings is 17. The second-order valence-electron chi connectivity index (χ2n) is 35.5. The number of fused-ring (bicyclic) bond motifs is 43. The largest absolute Gasteiger partial charge is 0.247 e. The summed E-state index contributed by atoms with van der Waals surface area (Å²) in [5.41, 5.74) is 37.1. The molecule has 0 unspecified atom stereocenters. The van der Waals surface area contributed by atoms with E-state index in [1.54, 1.807) is 18.6 Å². The molecule has 0 radical (unpaired) electrons. The third-order valence-corrected chi connectivity index (χ3v) is 26.7. The van der Waals surface area contributed by atoms with E-state index in [9.17, 15) is 0 Å². The summed E-state index contributed by atoms with van der Waals surface area (Å²) in [7, 11) is 0. The maximum Gasteiger partial charge on any atom is 0.178 e. The summed E-state index contributed by atoms with van der Waals surface area (Å²) >= 11 is 0. The molecule has 0 N–H and O–H groups in total. The Hall–Kier alpha value is -20.4. The van der Waals surface area contributed by atoms with E-state index < -0.39 is 0 Å². The molecule has 145 heavy (non-hydrogen) atoms. The number of aromatic nitrogens is 27. The summed E-state index contributed by atoms with van der Waals surface area (Å²) in [5.74, 6) is 0. The van der Waals surface area contributed by atoms with Crippen LogP contribution in [0.25, 0.3) is 309 Å². The zero-order valence-corrected chi connectivity index (χ0v) is 76.9. The molecule has 0 aliphatic carbocycles. The first kappa shape index (κ1) is 81.8. The molecular weight excluding hydrogens is 1800 g/mol. The molecule has 32 rings (SSSR count). The van der Waals surface area contributed by atoms with Crippen LogP contribution in [0.2, 0.25) is 0 Å². The number of aryl methyl sites for hydroxylation is 3. The van der Waals surface area contributed by atoms with Gasteiger partial charge in [0.1, 0.15) is 149 Å². The number of rotatable bonds is 3. The van der Waals surface area contributed by atoms with Crippen LogP contribution in [0.4, 0.5) is 0 Å². The molecule has 0 spiro atoms. The van der Waals surface area contributed by atoms with Gasteiger partial charge in [0.15, 0.2) is 16.9 Å². The number of para-hydroxylation sites is 8. The Morgan fingerprint density at radius 1 is 0.117 bits per heavy atom. The molecule has 0 saturated carbocycles. The average molecular weight is 1860 g/mol. The van der Waals surface area contributed by atoms with Crippen LogP contribution in [0.15, 0.2) is 340 Å². The summed E-state index contributed by atoms with van der Waals surface area (Å²) in [6.07, 6.45) is 5.07. The summed E-state index contributed by atoms with van der Waals surface area (Å²) in [4.78, 5) is 134. The SMILES string of the molecule is Cc1nc2c(nc1-c1ccccc1)c1nc(C)c(-c3ccccc3)nc1c1nc(C)c(-c3ccccc3)nc21.c1ccc2nc3c(nc2c1)c1nc2c4ccccc4c4ccccc4c2nc1c1nc2c4ccccc4c4ccccc4c2nc31.c1ccc2nc3c(nc2c1)c1nc2ccccc2nc1c1nc2ccccc2nc31.c1cnc2nc3c4nc5cccnc5nc4c4nc5cccnc5nc4c3nc2c1. The van der Waals surface area contributed by atoms with Gasteiger partial charge in [-0.1, -0.05) is 237 Å². The fraction of sp³-hybridized carbons (Fsp3) is 0.0254.